The molecule has 0 rings (SSSR count). The van der Waals surface area contributed by atoms with E-state index in [-0.39, 0.29) is 0 Å². The number of rotatable bonds is 1. The van der Waals surface area contributed by atoms with Gasteiger partial charge in [0.2, 0.25) is 0 Å². The van der Waals surface area contributed by atoms with Gasteiger partial charge in [0.05, 0.1) is 0 Å². The smallest absolute Gasteiger partial charge is 0.178 e. The number of aliphatic hydroxyl groups is 3. The fourth-order valence-electron chi connectivity index (χ4n) is 0.447. The first-order valence-electron chi connectivity index (χ1n) is 2.90. The van der Waals surface area contributed by atoms with Crippen molar-refractivity contribution in [2.75, 3.05) is 0 Å². The van der Waals surface area contributed by atoms with E-state index in [1.807, 2.05) is 0 Å². The summed E-state index contributed by atoms with van der Waals surface area (Å²) in [5.41, 5.74) is -0.464. The largest absolute Gasteiger partial charge is 0.387 e. The minimum absolute atomic E-state index is 0.464. The Morgan fingerprint density at radius 1 is 1.00 bits per heavy atom. The first-order valence-corrected chi connectivity index (χ1v) is 2.90. The average molecular weight is 134 g/mol. The molecule has 0 spiro atoms. The van der Waals surface area contributed by atoms with E-state index < -0.39 is 17.8 Å². The van der Waals surface area contributed by atoms with Gasteiger partial charge in [-0.05, 0) is 5.41 Å². The fourth-order valence-corrected chi connectivity index (χ4v) is 0.447. The molecule has 0 radical (unpaired) electrons. The molecule has 9 heavy (non-hydrogen) atoms. The lowest BCUT2D eigenvalue weighted by Gasteiger charge is -2.26. The third-order valence-electron chi connectivity index (χ3n) is 1.17. The number of hydrogen-bond donors (Lipinski definition) is 3. The van der Waals surface area contributed by atoms with Gasteiger partial charge in [0.15, 0.2) is 6.29 Å². The normalized spacial score (nSPS) is 16.3. The molecule has 0 fully saturated rings. The summed E-state index contributed by atoms with van der Waals surface area (Å²) >= 11 is 0. The molecule has 1 unspecified atom stereocenters. The summed E-state index contributed by atoms with van der Waals surface area (Å²) < 4.78 is 0. The van der Waals surface area contributed by atoms with Gasteiger partial charge in [-0.15, -0.1) is 0 Å². The van der Waals surface area contributed by atoms with Gasteiger partial charge in [-0.1, -0.05) is 20.8 Å². The van der Waals surface area contributed by atoms with Gasteiger partial charge in [-0.3, -0.25) is 0 Å². The van der Waals surface area contributed by atoms with Crippen LogP contribution in [-0.2, 0) is 0 Å². The standard InChI is InChI=1S/C6H14O3/c1-6(2,3)4(7)5(8)9/h4-5,7-9H,1-3H3. The molecular weight excluding hydrogens is 120 g/mol. The van der Waals surface area contributed by atoms with E-state index in [4.69, 9.17) is 15.3 Å². The Morgan fingerprint density at radius 3 is 1.33 bits per heavy atom. The van der Waals surface area contributed by atoms with Crippen LogP contribution in [0.4, 0.5) is 0 Å². The van der Waals surface area contributed by atoms with E-state index in [9.17, 15) is 0 Å². The Balaban J connectivity index is 3.88. The fraction of sp³-hybridized carbons (Fsp3) is 1.00. The molecule has 1 atom stereocenters. The maximum absolute atomic E-state index is 8.96. The Kier molecular flexibility index (Phi) is 2.61. The van der Waals surface area contributed by atoms with Crippen molar-refractivity contribution in [1.29, 1.82) is 0 Å². The van der Waals surface area contributed by atoms with E-state index >= 15 is 0 Å². The van der Waals surface area contributed by atoms with Crippen LogP contribution in [0.3, 0.4) is 0 Å². The van der Waals surface area contributed by atoms with Crippen LogP contribution in [0.5, 0.6) is 0 Å². The molecule has 0 aliphatic rings. The molecule has 0 aliphatic carbocycles. The van der Waals surface area contributed by atoms with Gasteiger partial charge in [0, 0.05) is 0 Å². The van der Waals surface area contributed by atoms with Gasteiger partial charge in [0.1, 0.15) is 6.10 Å². The lowest BCUT2D eigenvalue weighted by Crippen LogP contribution is -2.37. The summed E-state index contributed by atoms with van der Waals surface area (Å²) in [5.74, 6) is 0. The third-order valence-corrected chi connectivity index (χ3v) is 1.17. The van der Waals surface area contributed by atoms with Crippen molar-refractivity contribution in [3.8, 4) is 0 Å². The molecule has 0 aromatic rings. The zero-order valence-corrected chi connectivity index (χ0v) is 6.00. The van der Waals surface area contributed by atoms with Gasteiger partial charge in [-0.25, -0.2) is 0 Å². The predicted molar refractivity (Wildman–Crippen MR) is 33.7 cm³/mol. The highest BCUT2D eigenvalue weighted by Crippen LogP contribution is 2.20. The zero-order chi connectivity index (χ0) is 7.65. The van der Waals surface area contributed by atoms with Crippen molar-refractivity contribution >= 4 is 0 Å². The van der Waals surface area contributed by atoms with E-state index in [0.717, 1.165) is 0 Å². The lowest BCUT2D eigenvalue weighted by atomic mass is 9.89. The molecule has 3 nitrogen and oxygen atoms in total. The predicted octanol–water partition coefficient (Wildman–Crippen LogP) is -0.296. The van der Waals surface area contributed by atoms with Crippen molar-refractivity contribution in [3.63, 3.8) is 0 Å². The second-order valence-corrected chi connectivity index (χ2v) is 3.22. The maximum atomic E-state index is 8.96. The van der Waals surface area contributed by atoms with Crippen LogP contribution in [0.1, 0.15) is 20.8 Å². The first kappa shape index (κ1) is 8.88. The summed E-state index contributed by atoms with van der Waals surface area (Å²) in [6.07, 6.45) is -2.71. The van der Waals surface area contributed by atoms with E-state index in [2.05, 4.69) is 0 Å². The molecule has 0 aromatic carbocycles. The van der Waals surface area contributed by atoms with Crippen molar-refractivity contribution in [2.24, 2.45) is 5.41 Å². The molecule has 0 amide bonds. The first-order chi connectivity index (χ1) is 3.85. The van der Waals surface area contributed by atoms with E-state index in [0.29, 0.717) is 0 Å². The highest BCUT2D eigenvalue weighted by molar-refractivity contribution is 4.73. The second kappa shape index (κ2) is 2.64. The van der Waals surface area contributed by atoms with Gasteiger partial charge < -0.3 is 15.3 Å². The SMILES string of the molecule is CC(C)(C)C(O)C(O)O. The average Bonchev–Trinajstić information content (AvgIpc) is 1.62. The van der Waals surface area contributed by atoms with Crippen LogP contribution in [0.2, 0.25) is 0 Å². The summed E-state index contributed by atoms with van der Waals surface area (Å²) in [7, 11) is 0. The van der Waals surface area contributed by atoms with Gasteiger partial charge in [0.25, 0.3) is 0 Å². The van der Waals surface area contributed by atoms with Crippen LogP contribution in [-0.4, -0.2) is 27.7 Å². The molecule has 0 aliphatic heterocycles. The summed E-state index contributed by atoms with van der Waals surface area (Å²) in [5, 5.41) is 25.9. The summed E-state index contributed by atoms with van der Waals surface area (Å²) in [6.45, 7) is 5.20. The minimum atomic E-state index is -1.63. The quantitative estimate of drug-likeness (QED) is 0.432. The molecular formula is C6H14O3. The Bertz CT molecular complexity index is 82.8. The van der Waals surface area contributed by atoms with E-state index in [1.54, 1.807) is 20.8 Å². The van der Waals surface area contributed by atoms with Crippen LogP contribution < -0.4 is 0 Å². The summed E-state index contributed by atoms with van der Waals surface area (Å²) in [4.78, 5) is 0. The topological polar surface area (TPSA) is 60.7 Å². The Labute approximate surface area is 54.9 Å². The van der Waals surface area contributed by atoms with Crippen LogP contribution in [0.25, 0.3) is 0 Å². The van der Waals surface area contributed by atoms with Crippen molar-refractivity contribution < 1.29 is 15.3 Å². The van der Waals surface area contributed by atoms with Crippen molar-refractivity contribution in [2.45, 2.75) is 33.2 Å². The molecule has 0 bridgehead atoms. The van der Waals surface area contributed by atoms with E-state index in [1.165, 1.54) is 0 Å². The lowest BCUT2D eigenvalue weighted by molar-refractivity contribution is -0.155. The van der Waals surface area contributed by atoms with Crippen molar-refractivity contribution in [3.05, 3.63) is 0 Å². The monoisotopic (exact) mass is 134 g/mol. The maximum Gasteiger partial charge on any atom is 0.178 e. The summed E-state index contributed by atoms with van der Waals surface area (Å²) in [6, 6.07) is 0. The zero-order valence-electron chi connectivity index (χ0n) is 6.00. The Morgan fingerprint density at radius 2 is 1.33 bits per heavy atom. The van der Waals surface area contributed by atoms with Crippen molar-refractivity contribution in [1.82, 2.24) is 0 Å². The van der Waals surface area contributed by atoms with Crippen LogP contribution >= 0.6 is 0 Å². The van der Waals surface area contributed by atoms with Crippen LogP contribution in [0.15, 0.2) is 0 Å². The highest BCUT2D eigenvalue weighted by atomic mass is 16.5. The molecule has 3 heteroatoms. The van der Waals surface area contributed by atoms with Gasteiger partial charge in [-0.2, -0.15) is 0 Å². The molecule has 0 saturated carbocycles. The molecule has 56 valence electrons. The Hall–Kier alpha value is -0.120. The van der Waals surface area contributed by atoms with Crippen LogP contribution in [0, 0.1) is 5.41 Å². The number of aliphatic hydroxyl groups excluding tert-OH is 2. The molecule has 0 heterocycles. The van der Waals surface area contributed by atoms with Gasteiger partial charge >= 0.3 is 0 Å². The molecule has 0 aromatic heterocycles. The molecule has 0 saturated heterocycles. The third kappa shape index (κ3) is 2.79. The molecule has 3 N–H and O–H groups in total. The highest BCUT2D eigenvalue weighted by Gasteiger charge is 2.27. The minimum Gasteiger partial charge on any atom is -0.387 e. The number of hydrogen-bond acceptors (Lipinski definition) is 3. The second-order valence-electron chi connectivity index (χ2n) is 3.22.